The van der Waals surface area contributed by atoms with E-state index < -0.39 is 11.7 Å². The Labute approximate surface area is 115 Å². The van der Waals surface area contributed by atoms with Crippen LogP contribution < -0.4 is 15.4 Å². The number of halogens is 1. The van der Waals surface area contributed by atoms with Crippen molar-refractivity contribution in [2.45, 2.75) is 25.3 Å². The summed E-state index contributed by atoms with van der Waals surface area (Å²) in [5.41, 5.74) is 0.131. The molecule has 1 atom stereocenters. The number of carbonyl (C=O) groups excluding carboxylic acids is 2. The molecule has 0 radical (unpaired) electrons. The fourth-order valence-corrected chi connectivity index (χ4v) is 2.04. The molecule has 2 amide bonds. The van der Waals surface area contributed by atoms with E-state index in [1.165, 1.54) is 13.3 Å². The Morgan fingerprint density at radius 3 is 3.05 bits per heavy atom. The number of amides is 2. The van der Waals surface area contributed by atoms with Crippen molar-refractivity contribution in [3.05, 3.63) is 23.6 Å². The summed E-state index contributed by atoms with van der Waals surface area (Å²) in [6.07, 6.45) is 2.87. The molecule has 1 aromatic heterocycles. The molecule has 2 N–H and O–H groups in total. The van der Waals surface area contributed by atoms with Gasteiger partial charge in [0, 0.05) is 25.2 Å². The van der Waals surface area contributed by atoms with Crippen molar-refractivity contribution in [3.63, 3.8) is 0 Å². The van der Waals surface area contributed by atoms with E-state index in [2.05, 4.69) is 15.6 Å². The van der Waals surface area contributed by atoms with Gasteiger partial charge in [0.15, 0.2) is 5.82 Å². The Kier molecular flexibility index (Phi) is 4.49. The van der Waals surface area contributed by atoms with Crippen LogP contribution in [0.2, 0.25) is 0 Å². The minimum atomic E-state index is -0.683. The normalized spacial score (nSPS) is 18.9. The fraction of sp³-hybridized carbons (Fsp3) is 0.462. The molecule has 1 fully saturated rings. The van der Waals surface area contributed by atoms with Crippen LogP contribution in [0.1, 0.15) is 29.6 Å². The van der Waals surface area contributed by atoms with Crippen LogP contribution in [-0.2, 0) is 4.79 Å². The summed E-state index contributed by atoms with van der Waals surface area (Å²) in [5.74, 6) is -1.25. The molecule has 0 bridgehead atoms. The van der Waals surface area contributed by atoms with Gasteiger partial charge in [-0.1, -0.05) is 0 Å². The van der Waals surface area contributed by atoms with Gasteiger partial charge in [-0.2, -0.15) is 0 Å². The van der Waals surface area contributed by atoms with Gasteiger partial charge in [0.05, 0.1) is 12.7 Å². The molecule has 1 aliphatic rings. The first-order chi connectivity index (χ1) is 9.60. The van der Waals surface area contributed by atoms with Crippen LogP contribution in [-0.4, -0.2) is 36.5 Å². The molecule has 1 unspecified atom stereocenters. The van der Waals surface area contributed by atoms with E-state index >= 15 is 0 Å². The topological polar surface area (TPSA) is 80.3 Å². The second-order valence-corrected chi connectivity index (χ2v) is 4.56. The number of nitrogens with zero attached hydrogens (tertiary/aromatic N) is 1. The van der Waals surface area contributed by atoms with E-state index in [4.69, 9.17) is 4.74 Å². The molecule has 2 heterocycles. The first-order valence-corrected chi connectivity index (χ1v) is 6.37. The minimum absolute atomic E-state index is 0.0149. The molecule has 6 nitrogen and oxygen atoms in total. The van der Waals surface area contributed by atoms with Crippen molar-refractivity contribution in [3.8, 4) is 5.88 Å². The Bertz CT molecular complexity index is 522. The largest absolute Gasteiger partial charge is 0.479 e. The van der Waals surface area contributed by atoms with Gasteiger partial charge in [-0.3, -0.25) is 9.59 Å². The Morgan fingerprint density at radius 1 is 1.55 bits per heavy atom. The number of ether oxygens (including phenoxy) is 1. The summed E-state index contributed by atoms with van der Waals surface area (Å²) in [6, 6.07) is 0.980. The van der Waals surface area contributed by atoms with Crippen LogP contribution >= 0.6 is 0 Å². The Hall–Kier alpha value is -2.18. The van der Waals surface area contributed by atoms with E-state index in [1.54, 1.807) is 0 Å². The van der Waals surface area contributed by atoms with Crippen LogP contribution in [0.4, 0.5) is 4.39 Å². The van der Waals surface area contributed by atoms with Gasteiger partial charge in [-0.05, 0) is 18.9 Å². The van der Waals surface area contributed by atoms with Gasteiger partial charge in [0.2, 0.25) is 11.8 Å². The molecule has 0 spiro atoms. The summed E-state index contributed by atoms with van der Waals surface area (Å²) in [6.45, 7) is 0.527. The standard InChI is InChI=1S/C13H16FN3O3/c1-20-13-10(14)6-8(7-16-13)12(19)17-9-2-3-11(18)15-5-4-9/h6-7,9H,2-5H2,1H3,(H,15,18)(H,17,19). The lowest BCUT2D eigenvalue weighted by Gasteiger charge is -2.15. The third-order valence-corrected chi connectivity index (χ3v) is 3.13. The summed E-state index contributed by atoms with van der Waals surface area (Å²) in [5, 5.41) is 5.51. The predicted molar refractivity (Wildman–Crippen MR) is 68.9 cm³/mol. The zero-order valence-corrected chi connectivity index (χ0v) is 11.1. The number of hydrogen-bond donors (Lipinski definition) is 2. The van der Waals surface area contributed by atoms with Gasteiger partial charge < -0.3 is 15.4 Å². The number of pyridine rings is 1. The maximum absolute atomic E-state index is 13.5. The Balaban J connectivity index is 2.00. The number of carbonyl (C=O) groups is 2. The maximum Gasteiger partial charge on any atom is 0.253 e. The monoisotopic (exact) mass is 281 g/mol. The highest BCUT2D eigenvalue weighted by Gasteiger charge is 2.19. The van der Waals surface area contributed by atoms with E-state index in [0.29, 0.717) is 25.8 Å². The van der Waals surface area contributed by atoms with Crippen molar-refractivity contribution < 1.29 is 18.7 Å². The molecule has 2 rings (SSSR count). The number of aromatic nitrogens is 1. The van der Waals surface area contributed by atoms with Crippen LogP contribution in [0.25, 0.3) is 0 Å². The molecule has 108 valence electrons. The molecule has 0 aliphatic carbocycles. The molecule has 7 heteroatoms. The zero-order valence-electron chi connectivity index (χ0n) is 11.1. The molecule has 1 aliphatic heterocycles. The summed E-state index contributed by atoms with van der Waals surface area (Å²) in [4.78, 5) is 26.9. The highest BCUT2D eigenvalue weighted by atomic mass is 19.1. The molecular weight excluding hydrogens is 265 g/mol. The average molecular weight is 281 g/mol. The lowest BCUT2D eigenvalue weighted by Crippen LogP contribution is -2.35. The van der Waals surface area contributed by atoms with Gasteiger partial charge >= 0.3 is 0 Å². The third kappa shape index (κ3) is 3.43. The van der Waals surface area contributed by atoms with E-state index in [-0.39, 0.29) is 23.4 Å². The molecular formula is C13H16FN3O3. The second-order valence-electron chi connectivity index (χ2n) is 4.56. The van der Waals surface area contributed by atoms with Crippen molar-refractivity contribution >= 4 is 11.8 Å². The van der Waals surface area contributed by atoms with Crippen molar-refractivity contribution in [1.82, 2.24) is 15.6 Å². The predicted octanol–water partition coefficient (Wildman–Crippen LogP) is 0.628. The van der Waals surface area contributed by atoms with Crippen molar-refractivity contribution in [2.75, 3.05) is 13.7 Å². The van der Waals surface area contributed by atoms with E-state index in [0.717, 1.165) is 6.07 Å². The van der Waals surface area contributed by atoms with Gasteiger partial charge in [0.25, 0.3) is 5.91 Å². The minimum Gasteiger partial charge on any atom is -0.479 e. The van der Waals surface area contributed by atoms with Crippen LogP contribution in [0.15, 0.2) is 12.3 Å². The quantitative estimate of drug-likeness (QED) is 0.851. The van der Waals surface area contributed by atoms with E-state index in [9.17, 15) is 14.0 Å². The van der Waals surface area contributed by atoms with Crippen molar-refractivity contribution in [1.29, 1.82) is 0 Å². The van der Waals surface area contributed by atoms with Crippen molar-refractivity contribution in [2.24, 2.45) is 0 Å². The highest BCUT2D eigenvalue weighted by molar-refractivity contribution is 5.94. The van der Waals surface area contributed by atoms with Crippen LogP contribution in [0, 0.1) is 5.82 Å². The molecule has 0 aromatic carbocycles. The summed E-state index contributed by atoms with van der Waals surface area (Å²) >= 11 is 0. The molecule has 1 aromatic rings. The maximum atomic E-state index is 13.5. The first kappa shape index (κ1) is 14.2. The second kappa shape index (κ2) is 6.31. The smallest absolute Gasteiger partial charge is 0.253 e. The number of rotatable bonds is 3. The number of nitrogens with one attached hydrogen (secondary N) is 2. The average Bonchev–Trinajstić information content (AvgIpc) is 2.63. The summed E-state index contributed by atoms with van der Waals surface area (Å²) in [7, 11) is 1.31. The van der Waals surface area contributed by atoms with Gasteiger partial charge in [-0.25, -0.2) is 9.37 Å². The number of methoxy groups -OCH3 is 1. The van der Waals surface area contributed by atoms with Gasteiger partial charge in [-0.15, -0.1) is 0 Å². The lowest BCUT2D eigenvalue weighted by molar-refractivity contribution is -0.120. The molecule has 0 saturated carbocycles. The Morgan fingerprint density at radius 2 is 2.35 bits per heavy atom. The summed E-state index contributed by atoms with van der Waals surface area (Å²) < 4.78 is 18.2. The third-order valence-electron chi connectivity index (χ3n) is 3.13. The highest BCUT2D eigenvalue weighted by Crippen LogP contribution is 2.14. The lowest BCUT2D eigenvalue weighted by atomic mass is 10.1. The SMILES string of the molecule is COc1ncc(C(=O)NC2CCNC(=O)CC2)cc1F. The molecule has 20 heavy (non-hydrogen) atoms. The fourth-order valence-electron chi connectivity index (χ4n) is 2.04. The first-order valence-electron chi connectivity index (χ1n) is 6.37. The van der Waals surface area contributed by atoms with Gasteiger partial charge in [0.1, 0.15) is 0 Å². The van der Waals surface area contributed by atoms with Crippen LogP contribution in [0.3, 0.4) is 0 Å². The van der Waals surface area contributed by atoms with Crippen LogP contribution in [0.5, 0.6) is 5.88 Å². The zero-order chi connectivity index (χ0) is 14.5. The molecule has 1 saturated heterocycles. The number of hydrogen-bond acceptors (Lipinski definition) is 4. The van der Waals surface area contributed by atoms with E-state index in [1.807, 2.05) is 0 Å².